The van der Waals surface area contributed by atoms with E-state index in [0.717, 1.165) is 32.1 Å². The summed E-state index contributed by atoms with van der Waals surface area (Å²) in [6.07, 6.45) is 11.5. The second-order valence-electron chi connectivity index (χ2n) is 8.27. The average Bonchev–Trinajstić information content (AvgIpc) is 2.67. The Labute approximate surface area is 177 Å². The number of ether oxygens (including phenoxy) is 3. The van der Waals surface area contributed by atoms with Crippen molar-refractivity contribution in [3.05, 3.63) is 46.5 Å². The summed E-state index contributed by atoms with van der Waals surface area (Å²) in [5, 5.41) is 0. The maximum absolute atomic E-state index is 12.7. The molecule has 0 amide bonds. The molecule has 1 rings (SSSR count). The van der Waals surface area contributed by atoms with E-state index in [2.05, 4.69) is 52.8 Å². The Kier molecular flexibility index (Phi) is 11.0. The van der Waals surface area contributed by atoms with Gasteiger partial charge in [0.1, 0.15) is 11.9 Å². The molecule has 0 aliphatic heterocycles. The van der Waals surface area contributed by atoms with E-state index in [0.29, 0.717) is 5.76 Å². The minimum absolute atomic E-state index is 0.0395. The van der Waals surface area contributed by atoms with Crippen LogP contribution in [-0.4, -0.2) is 33.2 Å². The van der Waals surface area contributed by atoms with Gasteiger partial charge in [0.15, 0.2) is 0 Å². The molecule has 164 valence electrons. The van der Waals surface area contributed by atoms with Crippen molar-refractivity contribution in [2.45, 2.75) is 72.8 Å². The lowest BCUT2D eigenvalue weighted by atomic mass is 9.77. The first-order valence-corrected chi connectivity index (χ1v) is 10.6. The first-order chi connectivity index (χ1) is 13.8. The molecule has 0 saturated carbocycles. The van der Waals surface area contributed by atoms with Gasteiger partial charge in [-0.1, -0.05) is 41.9 Å². The number of ketones is 1. The van der Waals surface area contributed by atoms with Crippen LogP contribution in [0.25, 0.3) is 0 Å². The number of carbonyl (C=O) groups excluding carboxylic acids is 1. The Hall–Kier alpha value is -1.81. The van der Waals surface area contributed by atoms with E-state index < -0.39 is 6.10 Å². The molecule has 0 radical (unpaired) electrons. The van der Waals surface area contributed by atoms with Gasteiger partial charge in [-0.05, 0) is 59.8 Å². The molecule has 0 aromatic rings. The summed E-state index contributed by atoms with van der Waals surface area (Å²) in [7, 11) is 4.69. The molecule has 0 saturated heterocycles. The smallest absolute Gasteiger partial charge is 0.229 e. The predicted molar refractivity (Wildman–Crippen MR) is 120 cm³/mol. The lowest BCUT2D eigenvalue weighted by Crippen LogP contribution is -2.42. The van der Waals surface area contributed by atoms with E-state index in [-0.39, 0.29) is 23.4 Å². The largest absolute Gasteiger partial charge is 0.497 e. The fraction of sp³-hybridized carbons (Fsp3) is 0.640. The second-order valence-corrected chi connectivity index (χ2v) is 8.27. The van der Waals surface area contributed by atoms with Crippen molar-refractivity contribution in [1.82, 2.24) is 0 Å². The fourth-order valence-electron chi connectivity index (χ4n) is 3.87. The first kappa shape index (κ1) is 25.2. The van der Waals surface area contributed by atoms with E-state index in [4.69, 9.17) is 14.2 Å². The number of hydrogen-bond acceptors (Lipinski definition) is 4. The van der Waals surface area contributed by atoms with Crippen LogP contribution < -0.4 is 0 Å². The Bertz CT molecular complexity index is 662. The average molecular weight is 405 g/mol. The highest BCUT2D eigenvalue weighted by molar-refractivity contribution is 5.98. The van der Waals surface area contributed by atoms with Crippen molar-refractivity contribution in [2.75, 3.05) is 21.3 Å². The fourth-order valence-corrected chi connectivity index (χ4v) is 3.87. The second kappa shape index (κ2) is 12.7. The van der Waals surface area contributed by atoms with Crippen LogP contribution in [0.2, 0.25) is 0 Å². The summed E-state index contributed by atoms with van der Waals surface area (Å²) in [6, 6.07) is 0. The number of methoxy groups -OCH3 is 3. The van der Waals surface area contributed by atoms with Crippen molar-refractivity contribution < 1.29 is 19.0 Å². The van der Waals surface area contributed by atoms with Crippen LogP contribution in [0.5, 0.6) is 0 Å². The number of carbonyl (C=O) groups is 1. The molecule has 1 aliphatic rings. The van der Waals surface area contributed by atoms with E-state index in [1.165, 1.54) is 23.8 Å². The maximum atomic E-state index is 12.7. The van der Waals surface area contributed by atoms with Gasteiger partial charge in [0.05, 0.1) is 14.2 Å². The van der Waals surface area contributed by atoms with Crippen LogP contribution in [0, 0.1) is 11.8 Å². The van der Waals surface area contributed by atoms with E-state index in [9.17, 15) is 4.79 Å². The van der Waals surface area contributed by atoms with Gasteiger partial charge < -0.3 is 14.2 Å². The van der Waals surface area contributed by atoms with Crippen molar-refractivity contribution >= 4 is 5.78 Å². The van der Waals surface area contributed by atoms with Crippen LogP contribution in [0.15, 0.2) is 46.5 Å². The Morgan fingerprint density at radius 1 is 0.897 bits per heavy atom. The van der Waals surface area contributed by atoms with Crippen molar-refractivity contribution in [3.8, 4) is 0 Å². The van der Waals surface area contributed by atoms with Gasteiger partial charge in [-0.25, -0.2) is 0 Å². The first-order valence-electron chi connectivity index (χ1n) is 10.6. The number of hydrogen-bond donors (Lipinski definition) is 0. The highest BCUT2D eigenvalue weighted by atomic mass is 16.5. The minimum atomic E-state index is -0.500. The number of allylic oxidation sites excluding steroid dienone is 7. The van der Waals surface area contributed by atoms with Gasteiger partial charge in [-0.3, -0.25) is 4.79 Å². The summed E-state index contributed by atoms with van der Waals surface area (Å²) in [6.45, 7) is 10.7. The molecule has 0 heterocycles. The molecule has 4 nitrogen and oxygen atoms in total. The predicted octanol–water partition coefficient (Wildman–Crippen LogP) is 6.15. The summed E-state index contributed by atoms with van der Waals surface area (Å²) in [4.78, 5) is 12.7. The van der Waals surface area contributed by atoms with Gasteiger partial charge in [-0.15, -0.1) is 0 Å². The van der Waals surface area contributed by atoms with Gasteiger partial charge in [0, 0.05) is 18.9 Å². The summed E-state index contributed by atoms with van der Waals surface area (Å²) in [5.41, 5.74) is 4.17. The zero-order valence-corrected chi connectivity index (χ0v) is 19.6. The van der Waals surface area contributed by atoms with Gasteiger partial charge in [0.25, 0.3) is 0 Å². The normalized spacial score (nSPS) is 23.3. The molecular formula is C25H40O4. The third-order valence-electron chi connectivity index (χ3n) is 5.69. The Balaban J connectivity index is 2.71. The SMILES string of the molecule is COC1=C(OC)[C@H](C)[C@@H](C/C=C(\C)CC/C=C(\C)CCC=C(C)C)C(OC)C1=O. The molecule has 0 N–H and O–H groups in total. The van der Waals surface area contributed by atoms with Crippen LogP contribution in [-0.2, 0) is 19.0 Å². The third-order valence-corrected chi connectivity index (χ3v) is 5.69. The number of Topliss-reactive ketones (excluding diaryl/α,β-unsaturated/α-hetero) is 1. The molecular weight excluding hydrogens is 364 g/mol. The third kappa shape index (κ3) is 7.50. The lowest BCUT2D eigenvalue weighted by molar-refractivity contribution is -0.135. The topological polar surface area (TPSA) is 44.8 Å². The standard InChI is InChI=1S/C25H40O4/c1-17(2)11-9-12-18(3)13-10-14-19(4)15-16-21-20(5)23(27-6)25(29-8)22(26)24(21)28-7/h11,13,15,20-21,24H,9-10,12,14,16H2,1-8H3/b18-13+,19-15+/t20-,21-,24?/m1/s1. The van der Waals surface area contributed by atoms with E-state index in [1.807, 2.05) is 0 Å². The van der Waals surface area contributed by atoms with Crippen molar-refractivity contribution in [1.29, 1.82) is 0 Å². The molecule has 29 heavy (non-hydrogen) atoms. The van der Waals surface area contributed by atoms with Crippen LogP contribution >= 0.6 is 0 Å². The van der Waals surface area contributed by atoms with Crippen LogP contribution in [0.3, 0.4) is 0 Å². The highest BCUT2D eigenvalue weighted by Crippen LogP contribution is 2.37. The molecule has 0 aromatic carbocycles. The van der Waals surface area contributed by atoms with Crippen molar-refractivity contribution in [3.63, 3.8) is 0 Å². The van der Waals surface area contributed by atoms with Gasteiger partial charge in [0.2, 0.25) is 11.5 Å². The molecule has 3 atom stereocenters. The molecule has 4 heteroatoms. The summed E-state index contributed by atoms with van der Waals surface area (Å²) < 4.78 is 16.3. The van der Waals surface area contributed by atoms with E-state index >= 15 is 0 Å². The van der Waals surface area contributed by atoms with Gasteiger partial charge in [-0.2, -0.15) is 0 Å². The van der Waals surface area contributed by atoms with E-state index in [1.54, 1.807) is 14.2 Å². The monoisotopic (exact) mass is 404 g/mol. The lowest BCUT2D eigenvalue weighted by Gasteiger charge is -2.35. The Morgan fingerprint density at radius 3 is 2.00 bits per heavy atom. The van der Waals surface area contributed by atoms with Crippen molar-refractivity contribution in [2.24, 2.45) is 11.8 Å². The zero-order chi connectivity index (χ0) is 22.0. The Morgan fingerprint density at radius 2 is 1.48 bits per heavy atom. The quantitative estimate of drug-likeness (QED) is 0.387. The summed E-state index contributed by atoms with van der Waals surface area (Å²) >= 11 is 0. The van der Waals surface area contributed by atoms with Gasteiger partial charge >= 0.3 is 0 Å². The molecule has 0 aromatic heterocycles. The molecule has 1 unspecified atom stereocenters. The zero-order valence-electron chi connectivity index (χ0n) is 19.6. The molecule has 0 spiro atoms. The molecule has 1 aliphatic carbocycles. The maximum Gasteiger partial charge on any atom is 0.229 e. The number of rotatable bonds is 11. The summed E-state index contributed by atoms with van der Waals surface area (Å²) in [5.74, 6) is 0.877. The highest BCUT2D eigenvalue weighted by Gasteiger charge is 2.43. The molecule has 0 fully saturated rings. The molecule has 0 bridgehead atoms. The minimum Gasteiger partial charge on any atom is -0.497 e. The van der Waals surface area contributed by atoms with Crippen LogP contribution in [0.4, 0.5) is 0 Å². The van der Waals surface area contributed by atoms with Crippen LogP contribution in [0.1, 0.15) is 66.7 Å².